The molecule has 4 heteroatoms. The first kappa shape index (κ1) is 15.2. The Morgan fingerprint density at radius 2 is 1.95 bits per heavy atom. The van der Waals surface area contributed by atoms with Crippen molar-refractivity contribution < 1.29 is 14.3 Å². The minimum Gasteiger partial charge on any atom is -0.392 e. The van der Waals surface area contributed by atoms with Crippen LogP contribution in [0.3, 0.4) is 0 Å². The summed E-state index contributed by atoms with van der Waals surface area (Å²) in [5.74, 6) is -0.591. The molecule has 2 N–H and O–H groups in total. The summed E-state index contributed by atoms with van der Waals surface area (Å²) in [5.41, 5.74) is 2.63. The molecule has 0 atom stereocenters. The second-order valence-corrected chi connectivity index (χ2v) is 4.78. The van der Waals surface area contributed by atoms with E-state index in [-0.39, 0.29) is 18.1 Å². The number of hydrogen-bond acceptors (Lipinski definition) is 2. The van der Waals surface area contributed by atoms with Gasteiger partial charge in [0, 0.05) is 17.7 Å². The molecule has 0 heterocycles. The molecule has 0 radical (unpaired) electrons. The van der Waals surface area contributed by atoms with Gasteiger partial charge in [-0.1, -0.05) is 31.2 Å². The molecule has 0 aliphatic carbocycles. The number of amides is 1. The second-order valence-electron chi connectivity index (χ2n) is 4.78. The number of aliphatic hydroxyl groups excluding tert-OH is 1. The Kier molecular flexibility index (Phi) is 5.06. The summed E-state index contributed by atoms with van der Waals surface area (Å²) in [5, 5.41) is 11.9. The van der Waals surface area contributed by atoms with Gasteiger partial charge in [-0.05, 0) is 35.7 Å². The molecule has 0 fully saturated rings. The zero-order valence-electron chi connectivity index (χ0n) is 11.9. The van der Waals surface area contributed by atoms with Gasteiger partial charge >= 0.3 is 0 Å². The first-order valence-electron chi connectivity index (χ1n) is 6.90. The van der Waals surface area contributed by atoms with E-state index in [1.807, 2.05) is 25.1 Å². The van der Waals surface area contributed by atoms with Crippen LogP contribution in [0.1, 0.15) is 34.0 Å². The smallest absolute Gasteiger partial charge is 0.251 e. The third-order valence-corrected chi connectivity index (χ3v) is 3.38. The van der Waals surface area contributed by atoms with Gasteiger partial charge in [-0.25, -0.2) is 4.39 Å². The van der Waals surface area contributed by atoms with Crippen molar-refractivity contribution in [2.45, 2.75) is 26.5 Å². The van der Waals surface area contributed by atoms with Gasteiger partial charge in [-0.15, -0.1) is 0 Å². The fourth-order valence-electron chi connectivity index (χ4n) is 2.19. The molecule has 110 valence electrons. The Hall–Kier alpha value is -2.20. The molecule has 0 saturated carbocycles. The molecule has 0 aliphatic rings. The van der Waals surface area contributed by atoms with Crippen LogP contribution < -0.4 is 5.32 Å². The third-order valence-electron chi connectivity index (χ3n) is 3.38. The van der Waals surface area contributed by atoms with Crippen molar-refractivity contribution in [3.63, 3.8) is 0 Å². The van der Waals surface area contributed by atoms with Crippen LogP contribution >= 0.6 is 0 Å². The summed E-state index contributed by atoms with van der Waals surface area (Å²) >= 11 is 0. The molecule has 2 rings (SSSR count). The fourth-order valence-corrected chi connectivity index (χ4v) is 2.19. The van der Waals surface area contributed by atoms with E-state index in [1.165, 1.54) is 6.07 Å². The highest BCUT2D eigenvalue weighted by atomic mass is 19.1. The van der Waals surface area contributed by atoms with Gasteiger partial charge in [0.05, 0.1) is 6.61 Å². The van der Waals surface area contributed by atoms with Gasteiger partial charge in [0.1, 0.15) is 5.82 Å². The van der Waals surface area contributed by atoms with E-state index in [9.17, 15) is 9.18 Å². The predicted molar refractivity (Wildman–Crippen MR) is 79.3 cm³/mol. The maximum absolute atomic E-state index is 13.3. The van der Waals surface area contributed by atoms with Crippen LogP contribution in [0, 0.1) is 5.82 Å². The summed E-state index contributed by atoms with van der Waals surface area (Å²) in [6, 6.07) is 11.9. The van der Waals surface area contributed by atoms with Gasteiger partial charge in [-0.3, -0.25) is 4.79 Å². The molecule has 2 aromatic rings. The topological polar surface area (TPSA) is 49.3 Å². The maximum atomic E-state index is 13.3. The normalized spacial score (nSPS) is 10.4. The standard InChI is InChI=1S/C17H18FNO2/c1-2-13-5-3-4-6-15(13)17(21)19-10-12-7-8-16(18)14(9-12)11-20/h3-9,20H,2,10-11H2,1H3,(H,19,21). The lowest BCUT2D eigenvalue weighted by Crippen LogP contribution is -2.24. The van der Waals surface area contributed by atoms with Gasteiger partial charge in [-0.2, -0.15) is 0 Å². The fraction of sp³-hybridized carbons (Fsp3) is 0.235. The Morgan fingerprint density at radius 1 is 1.19 bits per heavy atom. The van der Waals surface area contributed by atoms with Crippen molar-refractivity contribution >= 4 is 5.91 Å². The Bertz CT molecular complexity index is 640. The number of carbonyl (C=O) groups is 1. The molecule has 1 amide bonds. The molecular formula is C17H18FNO2. The number of carbonyl (C=O) groups excluding carboxylic acids is 1. The molecule has 0 aromatic heterocycles. The summed E-state index contributed by atoms with van der Waals surface area (Å²) in [4.78, 5) is 12.2. The number of hydrogen-bond donors (Lipinski definition) is 2. The highest BCUT2D eigenvalue weighted by molar-refractivity contribution is 5.95. The van der Waals surface area contributed by atoms with Gasteiger partial charge in [0.15, 0.2) is 0 Å². The number of benzene rings is 2. The third kappa shape index (κ3) is 3.67. The summed E-state index contributed by atoms with van der Waals surface area (Å²) < 4.78 is 13.3. The van der Waals surface area contributed by atoms with E-state index < -0.39 is 5.82 Å². The molecule has 3 nitrogen and oxygen atoms in total. The lowest BCUT2D eigenvalue weighted by Gasteiger charge is -2.10. The van der Waals surface area contributed by atoms with E-state index in [0.717, 1.165) is 17.5 Å². The largest absolute Gasteiger partial charge is 0.392 e. The molecule has 0 unspecified atom stereocenters. The molecule has 0 spiro atoms. The van der Waals surface area contributed by atoms with Crippen LogP contribution in [-0.4, -0.2) is 11.0 Å². The maximum Gasteiger partial charge on any atom is 0.251 e. The van der Waals surface area contributed by atoms with Crippen molar-refractivity contribution in [3.8, 4) is 0 Å². The lowest BCUT2D eigenvalue weighted by atomic mass is 10.0. The van der Waals surface area contributed by atoms with Crippen LogP contribution in [-0.2, 0) is 19.6 Å². The predicted octanol–water partition coefficient (Wildman–Crippen LogP) is 2.81. The molecular weight excluding hydrogens is 269 g/mol. The molecule has 2 aromatic carbocycles. The van der Waals surface area contributed by atoms with E-state index in [0.29, 0.717) is 12.1 Å². The van der Waals surface area contributed by atoms with E-state index >= 15 is 0 Å². The number of nitrogens with one attached hydrogen (secondary N) is 1. The number of aliphatic hydroxyl groups is 1. The highest BCUT2D eigenvalue weighted by Crippen LogP contribution is 2.12. The summed E-state index contributed by atoms with van der Waals surface area (Å²) in [7, 11) is 0. The lowest BCUT2D eigenvalue weighted by molar-refractivity contribution is 0.0950. The number of aryl methyl sites for hydroxylation is 1. The minimum atomic E-state index is -0.441. The van der Waals surface area contributed by atoms with Crippen LogP contribution in [0.25, 0.3) is 0 Å². The van der Waals surface area contributed by atoms with Gasteiger partial charge in [0.2, 0.25) is 0 Å². The SMILES string of the molecule is CCc1ccccc1C(=O)NCc1ccc(F)c(CO)c1. The van der Waals surface area contributed by atoms with Crippen LogP contribution in [0.2, 0.25) is 0 Å². The summed E-state index contributed by atoms with van der Waals surface area (Å²) in [6.45, 7) is 1.94. The van der Waals surface area contributed by atoms with Gasteiger partial charge < -0.3 is 10.4 Å². The van der Waals surface area contributed by atoms with Gasteiger partial charge in [0.25, 0.3) is 5.91 Å². The van der Waals surface area contributed by atoms with Crippen molar-refractivity contribution in [1.82, 2.24) is 5.32 Å². The first-order chi connectivity index (χ1) is 10.2. The molecule has 0 bridgehead atoms. The van der Waals surface area contributed by atoms with Crippen molar-refractivity contribution in [3.05, 3.63) is 70.5 Å². The Morgan fingerprint density at radius 3 is 2.67 bits per heavy atom. The van der Waals surface area contributed by atoms with Crippen molar-refractivity contribution in [2.75, 3.05) is 0 Å². The molecule has 21 heavy (non-hydrogen) atoms. The zero-order chi connectivity index (χ0) is 15.2. The Balaban J connectivity index is 2.07. The van der Waals surface area contributed by atoms with E-state index in [1.54, 1.807) is 18.2 Å². The number of halogens is 1. The first-order valence-corrected chi connectivity index (χ1v) is 6.90. The minimum absolute atomic E-state index is 0.151. The van der Waals surface area contributed by atoms with Crippen LogP contribution in [0.15, 0.2) is 42.5 Å². The monoisotopic (exact) mass is 287 g/mol. The average molecular weight is 287 g/mol. The average Bonchev–Trinajstić information content (AvgIpc) is 2.53. The quantitative estimate of drug-likeness (QED) is 0.888. The second kappa shape index (κ2) is 6.99. The zero-order valence-corrected chi connectivity index (χ0v) is 11.9. The highest BCUT2D eigenvalue weighted by Gasteiger charge is 2.10. The molecule has 0 aliphatic heterocycles. The summed E-state index contributed by atoms with van der Waals surface area (Å²) in [6.07, 6.45) is 0.787. The number of rotatable bonds is 5. The molecule has 0 saturated heterocycles. The van der Waals surface area contributed by atoms with Crippen LogP contribution in [0.4, 0.5) is 4.39 Å². The van der Waals surface area contributed by atoms with E-state index in [2.05, 4.69) is 5.32 Å². The van der Waals surface area contributed by atoms with Crippen molar-refractivity contribution in [1.29, 1.82) is 0 Å². The van der Waals surface area contributed by atoms with Crippen molar-refractivity contribution in [2.24, 2.45) is 0 Å². The van der Waals surface area contributed by atoms with Crippen LogP contribution in [0.5, 0.6) is 0 Å². The van der Waals surface area contributed by atoms with E-state index in [4.69, 9.17) is 5.11 Å². The Labute approximate surface area is 123 Å².